The normalized spacial score (nSPS) is 12.0. The molecule has 0 spiro atoms. The summed E-state index contributed by atoms with van der Waals surface area (Å²) in [6, 6.07) is 7.40. The number of likely N-dealkylation sites (N-methyl/N-ethyl adjacent to an activating group) is 2. The first-order valence-electron chi connectivity index (χ1n) is 9.14. The summed E-state index contributed by atoms with van der Waals surface area (Å²) in [6.45, 7) is 1.98. The fraction of sp³-hybridized carbons (Fsp3) is 0.474. The number of aromatic nitrogens is 3. The third kappa shape index (κ3) is 5.68. The standard InChI is InChI=1S/C19H25F2N5O3S/c1-12(29-13-6-8-14(30-5)9-7-13)18(27)24(2)10-11-25(3)19(28)15-16(17(20)21)26(4)23-22-15/h6-9,12,17H,10-11H2,1-5H3. The SMILES string of the molecule is CSc1ccc(OC(C)C(=O)N(C)CCN(C)C(=O)c2nnn(C)c2C(F)F)cc1. The van der Waals surface area contributed by atoms with Crippen molar-refractivity contribution < 1.29 is 23.1 Å². The zero-order chi connectivity index (χ0) is 22.4. The van der Waals surface area contributed by atoms with Gasteiger partial charge in [-0.25, -0.2) is 13.5 Å². The summed E-state index contributed by atoms with van der Waals surface area (Å²) in [5.41, 5.74) is -0.930. The highest BCUT2D eigenvalue weighted by molar-refractivity contribution is 7.98. The van der Waals surface area contributed by atoms with Gasteiger partial charge in [0.05, 0.1) is 0 Å². The van der Waals surface area contributed by atoms with Crippen LogP contribution in [0.5, 0.6) is 5.75 Å². The molecule has 0 aliphatic heterocycles. The molecule has 8 nitrogen and oxygen atoms in total. The number of nitrogens with zero attached hydrogens (tertiary/aromatic N) is 5. The van der Waals surface area contributed by atoms with Gasteiger partial charge in [-0.15, -0.1) is 16.9 Å². The summed E-state index contributed by atoms with van der Waals surface area (Å²) < 4.78 is 32.8. The lowest BCUT2D eigenvalue weighted by atomic mass is 10.2. The number of aryl methyl sites for hydroxylation is 1. The van der Waals surface area contributed by atoms with Crippen LogP contribution in [0.15, 0.2) is 29.2 Å². The number of amides is 2. The van der Waals surface area contributed by atoms with Gasteiger partial charge in [-0.1, -0.05) is 5.21 Å². The van der Waals surface area contributed by atoms with E-state index in [9.17, 15) is 18.4 Å². The van der Waals surface area contributed by atoms with Gasteiger partial charge < -0.3 is 14.5 Å². The number of hydrogen-bond donors (Lipinski definition) is 0. The first kappa shape index (κ1) is 23.6. The molecule has 2 rings (SSSR count). The Kier molecular flexibility index (Phi) is 8.16. The van der Waals surface area contributed by atoms with Crippen molar-refractivity contribution in [1.29, 1.82) is 0 Å². The van der Waals surface area contributed by atoms with E-state index in [4.69, 9.17) is 4.74 Å². The number of rotatable bonds is 9. The highest BCUT2D eigenvalue weighted by atomic mass is 32.2. The lowest BCUT2D eigenvalue weighted by molar-refractivity contribution is -0.136. The van der Waals surface area contributed by atoms with Crippen LogP contribution in [0.25, 0.3) is 0 Å². The molecule has 164 valence electrons. The minimum Gasteiger partial charge on any atom is -0.481 e. The Labute approximate surface area is 178 Å². The van der Waals surface area contributed by atoms with Crippen LogP contribution >= 0.6 is 11.8 Å². The second-order valence-electron chi connectivity index (χ2n) is 6.67. The zero-order valence-electron chi connectivity index (χ0n) is 17.5. The lowest BCUT2D eigenvalue weighted by Crippen LogP contribution is -2.42. The molecule has 0 saturated carbocycles. The first-order chi connectivity index (χ1) is 14.1. The molecule has 2 aromatic rings. The number of hydrogen-bond acceptors (Lipinski definition) is 6. The maximum atomic E-state index is 13.1. The van der Waals surface area contributed by atoms with E-state index in [2.05, 4.69) is 10.3 Å². The van der Waals surface area contributed by atoms with Crippen LogP contribution in [0.4, 0.5) is 8.78 Å². The van der Waals surface area contributed by atoms with Crippen LogP contribution in [0.3, 0.4) is 0 Å². The maximum Gasteiger partial charge on any atom is 0.282 e. The topological polar surface area (TPSA) is 80.6 Å². The zero-order valence-corrected chi connectivity index (χ0v) is 18.3. The minimum absolute atomic E-state index is 0.134. The molecule has 1 heterocycles. The molecular weight excluding hydrogens is 416 g/mol. The van der Waals surface area contributed by atoms with Gasteiger partial charge in [0.15, 0.2) is 11.8 Å². The summed E-state index contributed by atoms with van der Waals surface area (Å²) >= 11 is 1.61. The molecule has 0 radical (unpaired) electrons. The third-order valence-electron chi connectivity index (χ3n) is 4.49. The van der Waals surface area contributed by atoms with Crippen molar-refractivity contribution in [2.75, 3.05) is 33.4 Å². The molecule has 1 atom stereocenters. The van der Waals surface area contributed by atoms with E-state index in [1.807, 2.05) is 18.4 Å². The number of carbonyl (C=O) groups is 2. The van der Waals surface area contributed by atoms with Crippen LogP contribution in [0.1, 0.15) is 29.5 Å². The fourth-order valence-electron chi connectivity index (χ4n) is 2.67. The highest BCUT2D eigenvalue weighted by Crippen LogP contribution is 2.22. The van der Waals surface area contributed by atoms with Gasteiger partial charge in [-0.2, -0.15) is 0 Å². The third-order valence-corrected chi connectivity index (χ3v) is 5.24. The molecule has 0 aliphatic carbocycles. The van der Waals surface area contributed by atoms with Gasteiger partial charge in [0.2, 0.25) is 0 Å². The molecular formula is C19H25F2N5O3S. The van der Waals surface area contributed by atoms with E-state index in [0.717, 1.165) is 9.58 Å². The van der Waals surface area contributed by atoms with E-state index >= 15 is 0 Å². The van der Waals surface area contributed by atoms with Crippen molar-refractivity contribution >= 4 is 23.6 Å². The van der Waals surface area contributed by atoms with E-state index < -0.39 is 29.8 Å². The van der Waals surface area contributed by atoms with E-state index in [1.54, 1.807) is 37.9 Å². The van der Waals surface area contributed by atoms with Crippen molar-refractivity contribution in [3.05, 3.63) is 35.7 Å². The predicted molar refractivity (Wildman–Crippen MR) is 109 cm³/mol. The van der Waals surface area contributed by atoms with Crippen molar-refractivity contribution in [1.82, 2.24) is 24.8 Å². The summed E-state index contributed by atoms with van der Waals surface area (Å²) in [6.07, 6.45) is -1.62. The van der Waals surface area contributed by atoms with E-state index in [1.165, 1.54) is 23.9 Å². The molecule has 0 bridgehead atoms. The van der Waals surface area contributed by atoms with Gasteiger partial charge in [-0.3, -0.25) is 9.59 Å². The van der Waals surface area contributed by atoms with Gasteiger partial charge in [0.1, 0.15) is 11.4 Å². The average Bonchev–Trinajstić information content (AvgIpc) is 3.12. The van der Waals surface area contributed by atoms with Crippen LogP contribution < -0.4 is 4.74 Å². The van der Waals surface area contributed by atoms with Crippen LogP contribution in [-0.4, -0.2) is 76.2 Å². The Hall–Kier alpha value is -2.69. The second kappa shape index (κ2) is 10.4. The molecule has 2 amide bonds. The summed E-state index contributed by atoms with van der Waals surface area (Å²) in [7, 11) is 4.34. The summed E-state index contributed by atoms with van der Waals surface area (Å²) in [5, 5.41) is 7.04. The Morgan fingerprint density at radius 2 is 1.77 bits per heavy atom. The molecule has 1 aromatic heterocycles. The highest BCUT2D eigenvalue weighted by Gasteiger charge is 2.28. The molecule has 0 N–H and O–H groups in total. The summed E-state index contributed by atoms with van der Waals surface area (Å²) in [5.74, 6) is -0.369. The number of thioether (sulfide) groups is 1. The number of benzene rings is 1. The molecule has 0 saturated heterocycles. The minimum atomic E-state index is -2.87. The average molecular weight is 442 g/mol. The van der Waals surface area contributed by atoms with Gasteiger partial charge in [-0.05, 0) is 37.4 Å². The van der Waals surface area contributed by atoms with Crippen LogP contribution in [0.2, 0.25) is 0 Å². The van der Waals surface area contributed by atoms with E-state index in [0.29, 0.717) is 5.75 Å². The lowest BCUT2D eigenvalue weighted by Gasteiger charge is -2.25. The van der Waals surface area contributed by atoms with Gasteiger partial charge >= 0.3 is 0 Å². The molecule has 11 heteroatoms. The number of ether oxygens (including phenoxy) is 1. The Morgan fingerprint density at radius 1 is 1.17 bits per heavy atom. The monoisotopic (exact) mass is 441 g/mol. The quantitative estimate of drug-likeness (QED) is 0.556. The molecule has 0 aliphatic rings. The van der Waals surface area contributed by atoms with E-state index in [-0.39, 0.29) is 19.0 Å². The van der Waals surface area contributed by atoms with Crippen molar-refractivity contribution in [3.8, 4) is 5.75 Å². The van der Waals surface area contributed by atoms with Gasteiger partial charge in [0, 0.05) is 39.1 Å². The molecule has 1 aromatic carbocycles. The maximum absolute atomic E-state index is 13.1. The molecule has 1 unspecified atom stereocenters. The smallest absolute Gasteiger partial charge is 0.282 e. The Bertz CT molecular complexity index is 876. The van der Waals surface area contributed by atoms with Gasteiger partial charge in [0.25, 0.3) is 18.2 Å². The molecule has 30 heavy (non-hydrogen) atoms. The number of halogens is 2. The number of carbonyl (C=O) groups excluding carboxylic acids is 2. The largest absolute Gasteiger partial charge is 0.481 e. The van der Waals surface area contributed by atoms with Crippen molar-refractivity contribution in [3.63, 3.8) is 0 Å². The fourth-order valence-corrected chi connectivity index (χ4v) is 3.08. The van der Waals surface area contributed by atoms with Crippen molar-refractivity contribution in [2.45, 2.75) is 24.3 Å². The van der Waals surface area contributed by atoms with Crippen LogP contribution in [-0.2, 0) is 11.8 Å². The van der Waals surface area contributed by atoms with Crippen LogP contribution in [0, 0.1) is 0 Å². The van der Waals surface area contributed by atoms with Crippen molar-refractivity contribution in [2.24, 2.45) is 7.05 Å². The predicted octanol–water partition coefficient (Wildman–Crippen LogP) is 2.47. The second-order valence-corrected chi connectivity index (χ2v) is 7.55. The summed E-state index contributed by atoms with van der Waals surface area (Å²) in [4.78, 5) is 28.7. The first-order valence-corrected chi connectivity index (χ1v) is 10.4. The molecule has 0 fully saturated rings. The number of alkyl halides is 2. The Morgan fingerprint density at radius 3 is 2.33 bits per heavy atom. The Balaban J connectivity index is 1.91.